The van der Waals surface area contributed by atoms with E-state index in [1.165, 1.54) is 0 Å². The molecule has 0 unspecified atom stereocenters. The van der Waals surface area contributed by atoms with Crippen LogP contribution in [0.5, 0.6) is 0 Å². The smallest absolute Gasteiger partial charge is 0.175 e. The summed E-state index contributed by atoms with van der Waals surface area (Å²) in [6.07, 6.45) is 0. The molecule has 0 amide bonds. The summed E-state index contributed by atoms with van der Waals surface area (Å²) in [4.78, 5) is 0. The second kappa shape index (κ2) is 9.54. The van der Waals surface area contributed by atoms with E-state index in [0.29, 0.717) is 16.5 Å². The average Bonchev–Trinajstić information content (AvgIpc) is 2.89. The largest absolute Gasteiger partial charge is 0.233 e. The van der Waals surface area contributed by atoms with Crippen LogP contribution in [0.3, 0.4) is 0 Å². The van der Waals surface area contributed by atoms with E-state index in [9.17, 15) is 0 Å². The molecule has 0 N–H and O–H groups in total. The van der Waals surface area contributed by atoms with Gasteiger partial charge in [-0.25, -0.2) is 4.74 Å². The average molecular weight is 466 g/mol. The highest BCUT2D eigenvalue weighted by Crippen LogP contribution is 2.49. The van der Waals surface area contributed by atoms with Gasteiger partial charge in [-0.1, -0.05) is 133 Å². The maximum Gasteiger partial charge on any atom is 0.175 e. The van der Waals surface area contributed by atoms with Crippen molar-refractivity contribution < 1.29 is 0 Å². The lowest BCUT2D eigenvalue weighted by molar-refractivity contribution is 1.03. The van der Waals surface area contributed by atoms with Crippen molar-refractivity contribution in [3.05, 3.63) is 132 Å². The van der Waals surface area contributed by atoms with Crippen molar-refractivity contribution in [1.29, 1.82) is 0 Å². The van der Waals surface area contributed by atoms with Gasteiger partial charge in [0.2, 0.25) is 0 Å². The van der Waals surface area contributed by atoms with Crippen LogP contribution in [-0.2, 0) is 0 Å². The van der Waals surface area contributed by atoms with Crippen molar-refractivity contribution in [2.75, 3.05) is 0 Å². The van der Waals surface area contributed by atoms with Crippen LogP contribution >= 0.6 is 18.7 Å². The van der Waals surface area contributed by atoms with E-state index >= 15 is 0 Å². The van der Waals surface area contributed by atoms with Gasteiger partial charge in [0.15, 0.2) is 5.82 Å². The quantitative estimate of drug-likeness (QED) is 0.274. The number of halogens is 1. The normalized spacial score (nSPS) is 11.2. The van der Waals surface area contributed by atoms with Crippen LogP contribution < -0.4 is 15.9 Å². The number of rotatable bonds is 5. The van der Waals surface area contributed by atoms with Crippen LogP contribution in [0.4, 0.5) is 5.82 Å². The van der Waals surface area contributed by atoms with E-state index in [2.05, 4.69) is 83.0 Å². The molecule has 0 spiro atoms. The second-order valence-electron chi connectivity index (χ2n) is 7.51. The zero-order valence-corrected chi connectivity index (χ0v) is 19.4. The van der Waals surface area contributed by atoms with Gasteiger partial charge in [0, 0.05) is 27.5 Å². The maximum atomic E-state index is 6.68. The zero-order chi connectivity index (χ0) is 22.5. The topological polar surface area (TPSA) is 38.1 Å². The third-order valence-electron chi connectivity index (χ3n) is 5.42. The lowest BCUT2D eigenvalue weighted by Gasteiger charge is -2.26. The first-order valence-corrected chi connectivity index (χ1v) is 12.8. The second-order valence-corrected chi connectivity index (χ2v) is 10.9. The predicted molar refractivity (Wildman–Crippen MR) is 140 cm³/mol. The molecule has 160 valence electrons. The minimum absolute atomic E-state index is 0.518. The SMILES string of the molecule is Clc1cc(N=P(c2ccccc2)(c2ccccc2)c2ccccc2)nnc1-c1ccccc1. The van der Waals surface area contributed by atoms with Gasteiger partial charge in [-0.05, 0) is 0 Å². The van der Waals surface area contributed by atoms with Crippen molar-refractivity contribution in [1.82, 2.24) is 10.2 Å². The van der Waals surface area contributed by atoms with Crippen molar-refractivity contribution in [3.63, 3.8) is 0 Å². The third kappa shape index (κ3) is 4.26. The van der Waals surface area contributed by atoms with E-state index in [1.54, 1.807) is 0 Å². The molecule has 4 aromatic carbocycles. The molecule has 0 aliphatic rings. The summed E-state index contributed by atoms with van der Waals surface area (Å²) in [6, 6.07) is 42.9. The lowest BCUT2D eigenvalue weighted by Crippen LogP contribution is -2.25. The first-order valence-electron chi connectivity index (χ1n) is 10.7. The standard InChI is InChI=1S/C28H21ClN3P/c29-26-21-27(30-31-28(26)22-13-5-1-6-14-22)32-33(23-15-7-2-8-16-23,24-17-9-3-10-18-24)25-19-11-4-12-20-25/h1-21H. The molecule has 0 saturated heterocycles. The minimum atomic E-state index is -2.42. The maximum absolute atomic E-state index is 6.68. The Morgan fingerprint density at radius 2 is 0.970 bits per heavy atom. The molecule has 0 fully saturated rings. The molecule has 0 aliphatic heterocycles. The molecule has 5 heteroatoms. The fourth-order valence-corrected chi connectivity index (χ4v) is 7.61. The van der Waals surface area contributed by atoms with Gasteiger partial charge in [-0.3, -0.25) is 0 Å². The van der Waals surface area contributed by atoms with Crippen LogP contribution in [-0.4, -0.2) is 10.2 Å². The van der Waals surface area contributed by atoms with Gasteiger partial charge in [0.1, 0.15) is 5.69 Å². The van der Waals surface area contributed by atoms with Crippen LogP contribution in [0.2, 0.25) is 5.02 Å². The Hall–Kier alpha value is -3.52. The Kier molecular flexibility index (Phi) is 6.17. The summed E-state index contributed by atoms with van der Waals surface area (Å²) in [6.45, 7) is 0. The summed E-state index contributed by atoms with van der Waals surface area (Å²) in [5, 5.41) is 12.9. The zero-order valence-electron chi connectivity index (χ0n) is 17.8. The number of nitrogens with zero attached hydrogens (tertiary/aromatic N) is 3. The van der Waals surface area contributed by atoms with Gasteiger partial charge >= 0.3 is 0 Å². The summed E-state index contributed by atoms with van der Waals surface area (Å²) in [7, 11) is -2.42. The van der Waals surface area contributed by atoms with Gasteiger partial charge in [-0.2, -0.15) is 0 Å². The van der Waals surface area contributed by atoms with E-state index in [4.69, 9.17) is 16.3 Å². The van der Waals surface area contributed by atoms with E-state index < -0.39 is 7.05 Å². The van der Waals surface area contributed by atoms with Gasteiger partial charge < -0.3 is 0 Å². The summed E-state index contributed by atoms with van der Waals surface area (Å²) < 4.78 is 5.35. The molecule has 0 bridgehead atoms. The molecule has 0 atom stereocenters. The molecule has 0 saturated carbocycles. The van der Waals surface area contributed by atoms with E-state index in [1.807, 2.05) is 54.6 Å². The molecule has 1 heterocycles. The Labute approximate surface area is 198 Å². The predicted octanol–water partition coefficient (Wildman–Crippen LogP) is 6.61. The lowest BCUT2D eigenvalue weighted by atomic mass is 10.1. The number of hydrogen-bond acceptors (Lipinski definition) is 3. The minimum Gasteiger partial charge on any atom is -0.233 e. The number of hydrogen-bond donors (Lipinski definition) is 0. The van der Waals surface area contributed by atoms with E-state index in [0.717, 1.165) is 21.5 Å². The van der Waals surface area contributed by atoms with Crippen molar-refractivity contribution in [3.8, 4) is 11.3 Å². The van der Waals surface area contributed by atoms with Crippen LogP contribution in [0.25, 0.3) is 11.3 Å². The third-order valence-corrected chi connectivity index (χ3v) is 9.35. The van der Waals surface area contributed by atoms with E-state index in [-0.39, 0.29) is 0 Å². The molecule has 5 rings (SSSR count). The van der Waals surface area contributed by atoms with Gasteiger partial charge in [0.05, 0.1) is 12.1 Å². The molecule has 1 aromatic heterocycles. The Balaban J connectivity index is 1.79. The highest BCUT2D eigenvalue weighted by molar-refractivity contribution is 7.87. The molecule has 0 radical (unpaired) electrons. The fraction of sp³-hybridized carbons (Fsp3) is 0. The molecule has 33 heavy (non-hydrogen) atoms. The van der Waals surface area contributed by atoms with Crippen LogP contribution in [0.1, 0.15) is 0 Å². The highest BCUT2D eigenvalue weighted by Gasteiger charge is 2.27. The summed E-state index contributed by atoms with van der Waals surface area (Å²) in [5.41, 5.74) is 1.58. The number of benzene rings is 4. The van der Waals surface area contributed by atoms with Crippen molar-refractivity contribution in [2.45, 2.75) is 0 Å². The monoisotopic (exact) mass is 465 g/mol. The summed E-state index contributed by atoms with van der Waals surface area (Å²) >= 11 is 6.68. The Morgan fingerprint density at radius 1 is 0.545 bits per heavy atom. The highest BCUT2D eigenvalue weighted by atomic mass is 35.5. The molecule has 5 aromatic rings. The first-order chi connectivity index (χ1) is 16.3. The molecular formula is C28H21ClN3P. The van der Waals surface area contributed by atoms with Gasteiger partial charge in [-0.15, -0.1) is 10.2 Å². The Morgan fingerprint density at radius 3 is 1.39 bits per heavy atom. The number of aromatic nitrogens is 2. The first kappa shape index (κ1) is 21.3. The van der Waals surface area contributed by atoms with Crippen LogP contribution in [0, 0.1) is 0 Å². The molecule has 0 aliphatic carbocycles. The Bertz CT molecular complexity index is 1300. The summed E-state index contributed by atoms with van der Waals surface area (Å²) in [5.74, 6) is 0.518. The fourth-order valence-electron chi connectivity index (χ4n) is 3.91. The van der Waals surface area contributed by atoms with Crippen molar-refractivity contribution in [2.24, 2.45) is 4.74 Å². The molecule has 3 nitrogen and oxygen atoms in total. The van der Waals surface area contributed by atoms with Crippen LogP contribution in [0.15, 0.2) is 132 Å². The van der Waals surface area contributed by atoms with Gasteiger partial charge in [0.25, 0.3) is 0 Å². The molecular weight excluding hydrogens is 445 g/mol. The van der Waals surface area contributed by atoms with Crippen molar-refractivity contribution >= 4 is 40.4 Å².